The Labute approximate surface area is 106 Å². The third-order valence-corrected chi connectivity index (χ3v) is 4.53. The molecule has 6 heteroatoms. The maximum Gasteiger partial charge on any atom is 0.321 e. The van der Waals surface area contributed by atoms with E-state index in [4.69, 9.17) is 5.11 Å². The van der Waals surface area contributed by atoms with Gasteiger partial charge in [0.25, 0.3) is 5.92 Å². The lowest BCUT2D eigenvalue weighted by molar-refractivity contribution is -0.139. The van der Waals surface area contributed by atoms with Gasteiger partial charge < -0.3 is 5.11 Å². The molecule has 0 aromatic heterocycles. The average Bonchev–Trinajstić information content (AvgIpc) is 2.29. The number of halogens is 2. The molecule has 0 aliphatic heterocycles. The lowest BCUT2D eigenvalue weighted by Crippen LogP contribution is -2.41. The molecular formula is C12H14F2O3S. The van der Waals surface area contributed by atoms with Crippen molar-refractivity contribution in [3.8, 4) is 0 Å². The molecule has 0 spiro atoms. The summed E-state index contributed by atoms with van der Waals surface area (Å²) in [7, 11) is -2.18. The minimum absolute atomic E-state index is 0.264. The Kier molecular flexibility index (Phi) is 4.21. The van der Waals surface area contributed by atoms with E-state index in [0.29, 0.717) is 0 Å². The van der Waals surface area contributed by atoms with Gasteiger partial charge in [0.15, 0.2) is 0 Å². The van der Waals surface area contributed by atoms with Crippen LogP contribution >= 0.6 is 0 Å². The van der Waals surface area contributed by atoms with Gasteiger partial charge in [-0.2, -0.15) is 0 Å². The number of carbonyl (C=O) groups is 1. The predicted octanol–water partition coefficient (Wildman–Crippen LogP) is 2.39. The van der Waals surface area contributed by atoms with E-state index in [1.807, 2.05) is 0 Å². The summed E-state index contributed by atoms with van der Waals surface area (Å²) in [4.78, 5) is 10.8. The largest absolute Gasteiger partial charge is 0.480 e. The Morgan fingerprint density at radius 1 is 1.28 bits per heavy atom. The summed E-state index contributed by atoms with van der Waals surface area (Å²) in [6.45, 7) is 2.35. The summed E-state index contributed by atoms with van der Waals surface area (Å²) < 4.78 is 37.7. The van der Waals surface area contributed by atoms with Crippen LogP contribution in [0.1, 0.15) is 19.4 Å². The Balaban J connectivity index is 2.91. The van der Waals surface area contributed by atoms with E-state index in [1.54, 1.807) is 6.07 Å². The summed E-state index contributed by atoms with van der Waals surface area (Å²) in [6.07, 6.45) is 0. The zero-order chi connectivity index (χ0) is 14.0. The maximum atomic E-state index is 13.8. The molecule has 1 rings (SSSR count). The van der Waals surface area contributed by atoms with Crippen LogP contribution in [0.5, 0.6) is 0 Å². The summed E-state index contributed by atoms with van der Waals surface area (Å²) in [5.74, 6) is -5.67. The molecule has 1 N–H and O–H groups in total. The quantitative estimate of drug-likeness (QED) is 0.898. The van der Waals surface area contributed by atoms with Crippen molar-refractivity contribution < 1.29 is 22.9 Å². The van der Waals surface area contributed by atoms with E-state index >= 15 is 0 Å². The van der Waals surface area contributed by atoms with Crippen LogP contribution < -0.4 is 0 Å². The van der Waals surface area contributed by atoms with Gasteiger partial charge in [-0.05, 0) is 13.8 Å². The number of benzene rings is 1. The monoisotopic (exact) mass is 276 g/mol. The molecule has 1 unspecified atom stereocenters. The number of aliphatic carboxylic acids is 1. The Bertz CT molecular complexity index is 458. The van der Waals surface area contributed by atoms with Gasteiger partial charge in [-0.3, -0.25) is 9.00 Å². The standard InChI is InChI=1S/C12H14F2O3S/c1-11(2,10(15)16)18(17)8-12(13,14)9-6-4-3-5-7-9/h3-7H,8H2,1-2H3,(H,15,16). The molecule has 0 heterocycles. The Hall–Kier alpha value is -1.30. The second-order valence-corrected chi connectivity index (χ2v) is 6.38. The average molecular weight is 276 g/mol. The molecule has 0 radical (unpaired) electrons. The van der Waals surface area contributed by atoms with Crippen molar-refractivity contribution in [3.05, 3.63) is 35.9 Å². The molecule has 3 nitrogen and oxygen atoms in total. The SMILES string of the molecule is CC(C)(C(=O)O)S(=O)CC(F)(F)c1ccccc1. The molecule has 18 heavy (non-hydrogen) atoms. The fourth-order valence-corrected chi connectivity index (χ4v) is 2.26. The van der Waals surface area contributed by atoms with Crippen LogP contribution in [0.3, 0.4) is 0 Å². The second-order valence-electron chi connectivity index (χ2n) is 4.38. The molecule has 0 amide bonds. The minimum Gasteiger partial charge on any atom is -0.480 e. The number of hydrogen-bond donors (Lipinski definition) is 1. The van der Waals surface area contributed by atoms with Gasteiger partial charge in [-0.1, -0.05) is 30.3 Å². The van der Waals surface area contributed by atoms with Gasteiger partial charge in [-0.25, -0.2) is 8.78 Å². The van der Waals surface area contributed by atoms with Crippen molar-refractivity contribution in [2.45, 2.75) is 24.5 Å². The normalized spacial score (nSPS) is 14.2. The van der Waals surface area contributed by atoms with Gasteiger partial charge >= 0.3 is 5.97 Å². The summed E-state index contributed by atoms with van der Waals surface area (Å²) in [5.41, 5.74) is -0.264. The van der Waals surface area contributed by atoms with E-state index in [1.165, 1.54) is 38.1 Å². The predicted molar refractivity (Wildman–Crippen MR) is 65.1 cm³/mol. The molecule has 0 aliphatic carbocycles. The highest BCUT2D eigenvalue weighted by Crippen LogP contribution is 2.31. The fraction of sp³-hybridized carbons (Fsp3) is 0.417. The zero-order valence-corrected chi connectivity index (χ0v) is 10.8. The first-order chi connectivity index (χ1) is 8.18. The van der Waals surface area contributed by atoms with Crippen LogP contribution in [-0.2, 0) is 21.5 Å². The van der Waals surface area contributed by atoms with Crippen molar-refractivity contribution in [2.24, 2.45) is 0 Å². The van der Waals surface area contributed by atoms with Crippen LogP contribution in [0.4, 0.5) is 8.78 Å². The fourth-order valence-electron chi connectivity index (χ4n) is 1.21. The molecule has 0 fully saturated rings. The highest BCUT2D eigenvalue weighted by Gasteiger charge is 2.42. The first kappa shape index (κ1) is 14.8. The highest BCUT2D eigenvalue weighted by atomic mass is 32.2. The second kappa shape index (κ2) is 5.14. The van der Waals surface area contributed by atoms with Gasteiger partial charge in [0, 0.05) is 16.4 Å². The van der Waals surface area contributed by atoms with Crippen molar-refractivity contribution in [1.29, 1.82) is 0 Å². The minimum atomic E-state index is -3.31. The summed E-state index contributed by atoms with van der Waals surface area (Å²) in [6, 6.07) is 6.96. The molecule has 0 saturated heterocycles. The lowest BCUT2D eigenvalue weighted by atomic mass is 10.1. The molecule has 1 aromatic rings. The Morgan fingerprint density at radius 3 is 2.22 bits per heavy atom. The molecule has 100 valence electrons. The smallest absolute Gasteiger partial charge is 0.321 e. The van der Waals surface area contributed by atoms with Crippen LogP contribution in [0.25, 0.3) is 0 Å². The van der Waals surface area contributed by atoms with Gasteiger partial charge in [-0.15, -0.1) is 0 Å². The molecule has 0 aliphatic rings. The van der Waals surface area contributed by atoms with Gasteiger partial charge in [0.05, 0.1) is 5.75 Å². The van der Waals surface area contributed by atoms with E-state index < -0.39 is 33.2 Å². The number of carboxylic acid groups (broad SMARTS) is 1. The molecule has 1 aromatic carbocycles. The zero-order valence-electron chi connectivity index (χ0n) is 10.0. The first-order valence-corrected chi connectivity index (χ1v) is 6.55. The van der Waals surface area contributed by atoms with Crippen LogP contribution in [0.15, 0.2) is 30.3 Å². The number of alkyl halides is 2. The van der Waals surface area contributed by atoms with Crippen molar-refractivity contribution in [1.82, 2.24) is 0 Å². The molecule has 1 atom stereocenters. The highest BCUT2D eigenvalue weighted by molar-refractivity contribution is 7.87. The topological polar surface area (TPSA) is 54.4 Å². The van der Waals surface area contributed by atoms with E-state index in [2.05, 4.69) is 0 Å². The molecule has 0 bridgehead atoms. The lowest BCUT2D eigenvalue weighted by Gasteiger charge is -2.23. The molecule has 0 saturated carbocycles. The summed E-state index contributed by atoms with van der Waals surface area (Å²) >= 11 is 0. The third kappa shape index (κ3) is 3.13. The first-order valence-electron chi connectivity index (χ1n) is 5.23. The summed E-state index contributed by atoms with van der Waals surface area (Å²) in [5, 5.41) is 8.84. The van der Waals surface area contributed by atoms with Crippen molar-refractivity contribution >= 4 is 16.8 Å². The van der Waals surface area contributed by atoms with Crippen LogP contribution in [-0.4, -0.2) is 25.8 Å². The van der Waals surface area contributed by atoms with Gasteiger partial charge in [0.1, 0.15) is 4.75 Å². The Morgan fingerprint density at radius 2 is 1.78 bits per heavy atom. The van der Waals surface area contributed by atoms with Crippen LogP contribution in [0.2, 0.25) is 0 Å². The van der Waals surface area contributed by atoms with E-state index in [-0.39, 0.29) is 5.56 Å². The number of carboxylic acids is 1. The number of rotatable bonds is 5. The molecular weight excluding hydrogens is 262 g/mol. The number of hydrogen-bond acceptors (Lipinski definition) is 2. The van der Waals surface area contributed by atoms with Crippen LogP contribution in [0, 0.1) is 0 Å². The third-order valence-electron chi connectivity index (χ3n) is 2.59. The van der Waals surface area contributed by atoms with E-state index in [0.717, 1.165) is 0 Å². The van der Waals surface area contributed by atoms with E-state index in [9.17, 15) is 17.8 Å². The van der Waals surface area contributed by atoms with Crippen molar-refractivity contribution in [2.75, 3.05) is 5.75 Å². The van der Waals surface area contributed by atoms with Crippen molar-refractivity contribution in [3.63, 3.8) is 0 Å². The maximum absolute atomic E-state index is 13.8. The van der Waals surface area contributed by atoms with Gasteiger partial charge in [0.2, 0.25) is 0 Å².